The third-order valence-electron chi connectivity index (χ3n) is 4.71. The van der Waals surface area contributed by atoms with Gasteiger partial charge in [-0.3, -0.25) is 4.90 Å². The number of halogens is 1. The summed E-state index contributed by atoms with van der Waals surface area (Å²) in [6.45, 7) is 4.94. The molecule has 2 aliphatic heterocycles. The number of ether oxygens (including phenoxy) is 2. The fourth-order valence-corrected chi connectivity index (χ4v) is 3.50. The summed E-state index contributed by atoms with van der Waals surface area (Å²) >= 11 is 5.96. The SMILES string of the molecule is CCOC(=O)C1=C(C)N(CC2CCCO2)C(=O)NC1c1ccc(Cl)cc1. The normalized spacial score (nSPS) is 23.2. The molecule has 2 aliphatic rings. The van der Waals surface area contributed by atoms with Crippen molar-refractivity contribution >= 4 is 23.6 Å². The van der Waals surface area contributed by atoms with Crippen LogP contribution in [0.15, 0.2) is 35.5 Å². The number of hydrogen-bond acceptors (Lipinski definition) is 4. The van der Waals surface area contributed by atoms with Crippen LogP contribution in [0.3, 0.4) is 0 Å². The van der Waals surface area contributed by atoms with Crippen LogP contribution in [0.4, 0.5) is 4.79 Å². The van der Waals surface area contributed by atoms with Gasteiger partial charge in [0, 0.05) is 17.3 Å². The van der Waals surface area contributed by atoms with E-state index in [2.05, 4.69) is 5.32 Å². The number of rotatable bonds is 5. The summed E-state index contributed by atoms with van der Waals surface area (Å²) in [5.74, 6) is -0.428. The third kappa shape index (κ3) is 3.86. The smallest absolute Gasteiger partial charge is 0.338 e. The number of esters is 1. The Balaban J connectivity index is 1.96. The Morgan fingerprint density at radius 3 is 2.73 bits per heavy atom. The van der Waals surface area contributed by atoms with Crippen molar-refractivity contribution in [3.8, 4) is 0 Å². The maximum Gasteiger partial charge on any atom is 0.338 e. The standard InChI is InChI=1S/C19H23ClN2O4/c1-3-25-18(23)16-12(2)22(11-15-5-4-10-26-15)19(24)21-17(16)13-6-8-14(20)9-7-13/h6-9,15,17H,3-5,10-11H2,1-2H3,(H,21,24). The highest BCUT2D eigenvalue weighted by atomic mass is 35.5. The largest absolute Gasteiger partial charge is 0.463 e. The fraction of sp³-hybridized carbons (Fsp3) is 0.474. The second kappa shape index (κ2) is 8.10. The van der Waals surface area contributed by atoms with Gasteiger partial charge in [0.05, 0.1) is 30.9 Å². The number of benzene rings is 1. The molecule has 0 saturated carbocycles. The highest BCUT2D eigenvalue weighted by Crippen LogP contribution is 2.32. The van der Waals surface area contributed by atoms with Gasteiger partial charge in [0.1, 0.15) is 0 Å². The van der Waals surface area contributed by atoms with Crippen molar-refractivity contribution in [1.82, 2.24) is 10.2 Å². The number of amides is 2. The van der Waals surface area contributed by atoms with Gasteiger partial charge in [0.25, 0.3) is 0 Å². The third-order valence-corrected chi connectivity index (χ3v) is 4.96. The molecule has 2 heterocycles. The van der Waals surface area contributed by atoms with Gasteiger partial charge in [-0.05, 0) is 44.4 Å². The van der Waals surface area contributed by atoms with E-state index in [4.69, 9.17) is 21.1 Å². The van der Waals surface area contributed by atoms with Gasteiger partial charge in [0.15, 0.2) is 0 Å². The van der Waals surface area contributed by atoms with Crippen LogP contribution < -0.4 is 5.32 Å². The fourth-order valence-electron chi connectivity index (χ4n) is 3.37. The Kier molecular flexibility index (Phi) is 5.84. The molecule has 3 rings (SSSR count). The lowest BCUT2D eigenvalue weighted by Gasteiger charge is -2.36. The van der Waals surface area contributed by atoms with Crippen molar-refractivity contribution in [1.29, 1.82) is 0 Å². The van der Waals surface area contributed by atoms with E-state index in [1.807, 2.05) is 0 Å². The van der Waals surface area contributed by atoms with E-state index in [1.54, 1.807) is 43.0 Å². The molecule has 0 aromatic heterocycles. The van der Waals surface area contributed by atoms with Crippen LogP contribution in [0.1, 0.15) is 38.3 Å². The number of urea groups is 1. The first-order valence-electron chi connectivity index (χ1n) is 8.84. The second-order valence-corrected chi connectivity index (χ2v) is 6.84. The molecular weight excluding hydrogens is 356 g/mol. The van der Waals surface area contributed by atoms with Crippen molar-refractivity contribution in [2.45, 2.75) is 38.8 Å². The highest BCUT2D eigenvalue weighted by molar-refractivity contribution is 6.30. The molecule has 1 saturated heterocycles. The summed E-state index contributed by atoms with van der Waals surface area (Å²) in [6.07, 6.45) is 1.89. The number of hydrogen-bond donors (Lipinski definition) is 1. The van der Waals surface area contributed by atoms with Gasteiger partial charge in [-0.1, -0.05) is 23.7 Å². The molecule has 1 N–H and O–H groups in total. The molecule has 0 radical (unpaired) electrons. The Hall–Kier alpha value is -2.05. The zero-order valence-corrected chi connectivity index (χ0v) is 15.7. The Morgan fingerprint density at radius 2 is 2.12 bits per heavy atom. The lowest BCUT2D eigenvalue weighted by atomic mass is 9.94. The van der Waals surface area contributed by atoms with Crippen molar-refractivity contribution in [2.75, 3.05) is 19.8 Å². The summed E-state index contributed by atoms with van der Waals surface area (Å²) in [5.41, 5.74) is 1.82. The number of allylic oxidation sites excluding steroid dienone is 1. The van der Waals surface area contributed by atoms with Crippen LogP contribution >= 0.6 is 11.6 Å². The van der Waals surface area contributed by atoms with Gasteiger partial charge in [-0.25, -0.2) is 9.59 Å². The molecular formula is C19H23ClN2O4. The molecule has 140 valence electrons. The van der Waals surface area contributed by atoms with Crippen LogP contribution in [-0.2, 0) is 14.3 Å². The Morgan fingerprint density at radius 1 is 1.38 bits per heavy atom. The monoisotopic (exact) mass is 378 g/mol. The summed E-state index contributed by atoms with van der Waals surface area (Å²) in [6, 6.07) is 6.26. The van der Waals surface area contributed by atoms with Crippen LogP contribution in [0.5, 0.6) is 0 Å². The molecule has 0 spiro atoms. The minimum atomic E-state index is -0.570. The van der Waals surface area contributed by atoms with Crippen molar-refractivity contribution in [3.05, 3.63) is 46.1 Å². The van der Waals surface area contributed by atoms with Crippen LogP contribution in [0.2, 0.25) is 5.02 Å². The molecule has 0 bridgehead atoms. The predicted octanol–water partition coefficient (Wildman–Crippen LogP) is 3.42. The zero-order chi connectivity index (χ0) is 18.7. The number of carbonyl (C=O) groups excluding carboxylic acids is 2. The summed E-state index contributed by atoms with van der Waals surface area (Å²) in [5, 5.41) is 3.52. The summed E-state index contributed by atoms with van der Waals surface area (Å²) < 4.78 is 10.9. The van der Waals surface area contributed by atoms with Crippen molar-refractivity contribution < 1.29 is 19.1 Å². The Labute approximate surface area is 158 Å². The maximum atomic E-state index is 12.7. The molecule has 26 heavy (non-hydrogen) atoms. The van der Waals surface area contributed by atoms with E-state index in [0.717, 1.165) is 18.4 Å². The van der Waals surface area contributed by atoms with Crippen molar-refractivity contribution in [2.24, 2.45) is 0 Å². The van der Waals surface area contributed by atoms with Gasteiger partial charge in [0.2, 0.25) is 0 Å². The number of nitrogens with one attached hydrogen (secondary N) is 1. The first-order valence-corrected chi connectivity index (χ1v) is 9.22. The predicted molar refractivity (Wildman–Crippen MR) is 97.7 cm³/mol. The molecule has 1 fully saturated rings. The van der Waals surface area contributed by atoms with Gasteiger partial charge in [-0.2, -0.15) is 0 Å². The molecule has 1 aromatic rings. The number of nitrogens with zero attached hydrogens (tertiary/aromatic N) is 1. The van der Waals surface area contributed by atoms with Gasteiger partial charge in [-0.15, -0.1) is 0 Å². The summed E-state index contributed by atoms with van der Waals surface area (Å²) in [4.78, 5) is 26.9. The molecule has 0 aliphatic carbocycles. The molecule has 2 atom stereocenters. The second-order valence-electron chi connectivity index (χ2n) is 6.40. The average molecular weight is 379 g/mol. The van der Waals surface area contributed by atoms with Crippen molar-refractivity contribution in [3.63, 3.8) is 0 Å². The number of carbonyl (C=O) groups is 2. The van der Waals surface area contributed by atoms with E-state index in [1.165, 1.54) is 0 Å². The van der Waals surface area contributed by atoms with E-state index in [-0.39, 0.29) is 18.7 Å². The molecule has 2 amide bonds. The molecule has 7 heteroatoms. The minimum absolute atomic E-state index is 0.00812. The maximum absolute atomic E-state index is 12.7. The molecule has 1 aromatic carbocycles. The van der Waals surface area contributed by atoms with Crippen LogP contribution in [0, 0.1) is 0 Å². The first-order chi connectivity index (χ1) is 12.5. The average Bonchev–Trinajstić information content (AvgIpc) is 3.12. The minimum Gasteiger partial charge on any atom is -0.463 e. The van der Waals surface area contributed by atoms with Crippen LogP contribution in [0.25, 0.3) is 0 Å². The van der Waals surface area contributed by atoms with Crippen LogP contribution in [-0.4, -0.2) is 42.8 Å². The zero-order valence-electron chi connectivity index (χ0n) is 15.0. The molecule has 2 unspecified atom stereocenters. The van der Waals surface area contributed by atoms with E-state index < -0.39 is 12.0 Å². The Bertz CT molecular complexity index is 711. The van der Waals surface area contributed by atoms with Gasteiger partial charge < -0.3 is 14.8 Å². The van der Waals surface area contributed by atoms with Gasteiger partial charge >= 0.3 is 12.0 Å². The van der Waals surface area contributed by atoms with E-state index in [9.17, 15) is 9.59 Å². The lowest BCUT2D eigenvalue weighted by Crippen LogP contribution is -2.50. The quantitative estimate of drug-likeness (QED) is 0.797. The van der Waals surface area contributed by atoms with E-state index in [0.29, 0.717) is 29.4 Å². The lowest BCUT2D eigenvalue weighted by molar-refractivity contribution is -0.139. The summed E-state index contributed by atoms with van der Waals surface area (Å²) in [7, 11) is 0. The first kappa shape index (κ1) is 18.7. The van der Waals surface area contributed by atoms with E-state index >= 15 is 0 Å². The topological polar surface area (TPSA) is 67.9 Å². The molecule has 6 nitrogen and oxygen atoms in total. The highest BCUT2D eigenvalue weighted by Gasteiger charge is 2.37.